The molecule has 104 valence electrons. The number of hydrogen-bond acceptors (Lipinski definition) is 4. The number of aliphatic hydroxyl groups is 1. The van der Waals surface area contributed by atoms with Crippen LogP contribution in [0.1, 0.15) is 27.2 Å². The van der Waals surface area contributed by atoms with E-state index < -0.39 is 0 Å². The van der Waals surface area contributed by atoms with Crippen LogP contribution in [0.3, 0.4) is 0 Å². The summed E-state index contributed by atoms with van der Waals surface area (Å²) in [6, 6.07) is 0. The highest BCUT2D eigenvalue weighted by atomic mass is 16.6. The largest absolute Gasteiger partial charge is 0.392 e. The molecule has 3 saturated heterocycles. The molecule has 19 heavy (non-hydrogen) atoms. The van der Waals surface area contributed by atoms with Gasteiger partial charge in [0.15, 0.2) is 0 Å². The van der Waals surface area contributed by atoms with Crippen molar-refractivity contribution in [1.29, 1.82) is 0 Å². The van der Waals surface area contributed by atoms with E-state index in [1.807, 2.05) is 0 Å². The average Bonchev–Trinajstić information content (AvgIpc) is 3.22. The first kappa shape index (κ1) is 11.3. The van der Waals surface area contributed by atoms with Crippen LogP contribution in [0.25, 0.3) is 0 Å². The number of ether oxygens (including phenoxy) is 3. The summed E-state index contributed by atoms with van der Waals surface area (Å²) in [4.78, 5) is 0. The summed E-state index contributed by atoms with van der Waals surface area (Å²) < 4.78 is 18.1. The number of hydrogen-bond donors (Lipinski definition) is 1. The van der Waals surface area contributed by atoms with Crippen LogP contribution in [0.4, 0.5) is 0 Å². The molecule has 4 nitrogen and oxygen atoms in total. The Morgan fingerprint density at radius 3 is 2.74 bits per heavy atom. The summed E-state index contributed by atoms with van der Waals surface area (Å²) in [6.45, 7) is 7.24. The SMILES string of the molecule is CC1=C[C@H]2O[C@@H]3C[C@@H](O)[C@](C)([C@]2(C)[C@H]2O[C@@H]12)[C@]31CO1. The minimum atomic E-state index is -0.369. The zero-order valence-corrected chi connectivity index (χ0v) is 11.6. The molecule has 0 radical (unpaired) electrons. The first-order valence-electron chi connectivity index (χ1n) is 7.26. The molecule has 5 aliphatic rings. The van der Waals surface area contributed by atoms with E-state index in [4.69, 9.17) is 14.2 Å². The third-order valence-electron chi connectivity index (χ3n) is 6.92. The molecular formula is C15H20O4. The molecule has 3 aliphatic heterocycles. The Morgan fingerprint density at radius 2 is 2.05 bits per heavy atom. The smallest absolute Gasteiger partial charge is 0.126 e. The van der Waals surface area contributed by atoms with Crippen LogP contribution in [0.2, 0.25) is 0 Å². The van der Waals surface area contributed by atoms with Gasteiger partial charge in [-0.2, -0.15) is 0 Å². The van der Waals surface area contributed by atoms with Crippen molar-refractivity contribution in [1.82, 2.24) is 0 Å². The van der Waals surface area contributed by atoms with Gasteiger partial charge in [-0.25, -0.2) is 0 Å². The molecule has 3 heterocycles. The quantitative estimate of drug-likeness (QED) is 0.524. The average molecular weight is 264 g/mol. The second-order valence-corrected chi connectivity index (χ2v) is 7.35. The van der Waals surface area contributed by atoms with E-state index in [2.05, 4.69) is 26.8 Å². The van der Waals surface area contributed by atoms with Gasteiger partial charge in [0.1, 0.15) is 11.7 Å². The summed E-state index contributed by atoms with van der Waals surface area (Å²) in [5, 5.41) is 10.7. The van der Waals surface area contributed by atoms with Crippen LogP contribution in [0.5, 0.6) is 0 Å². The Morgan fingerprint density at radius 1 is 1.32 bits per heavy atom. The van der Waals surface area contributed by atoms with E-state index in [0.717, 1.165) is 0 Å². The van der Waals surface area contributed by atoms with Gasteiger partial charge in [-0.3, -0.25) is 0 Å². The van der Waals surface area contributed by atoms with Crippen molar-refractivity contribution in [2.45, 2.75) is 63.3 Å². The molecular weight excluding hydrogens is 244 g/mol. The highest BCUT2D eigenvalue weighted by Crippen LogP contribution is 2.73. The minimum absolute atomic E-state index is 0.0323. The van der Waals surface area contributed by atoms with Crippen LogP contribution in [-0.2, 0) is 14.2 Å². The molecule has 2 aliphatic carbocycles. The molecule has 1 saturated carbocycles. The fraction of sp³-hybridized carbons (Fsp3) is 0.867. The Bertz CT molecular complexity index is 510. The summed E-state index contributed by atoms with van der Waals surface area (Å²) in [5.41, 5.74) is 0.537. The fourth-order valence-electron chi connectivity index (χ4n) is 5.32. The second kappa shape index (κ2) is 2.80. The van der Waals surface area contributed by atoms with Crippen molar-refractivity contribution in [3.63, 3.8) is 0 Å². The summed E-state index contributed by atoms with van der Waals surface area (Å²) in [5.74, 6) is 0. The molecule has 0 unspecified atom stereocenters. The molecule has 0 aromatic carbocycles. The van der Waals surface area contributed by atoms with Gasteiger partial charge in [-0.15, -0.1) is 0 Å². The van der Waals surface area contributed by atoms with Crippen LogP contribution in [0, 0.1) is 10.8 Å². The lowest BCUT2D eigenvalue weighted by atomic mass is 9.52. The summed E-state index contributed by atoms with van der Waals surface area (Å²) in [7, 11) is 0. The number of fused-ring (bicyclic) bond motifs is 4. The summed E-state index contributed by atoms with van der Waals surface area (Å²) >= 11 is 0. The van der Waals surface area contributed by atoms with E-state index in [-0.39, 0.29) is 47.0 Å². The van der Waals surface area contributed by atoms with Gasteiger partial charge < -0.3 is 19.3 Å². The Labute approximate surface area is 112 Å². The summed E-state index contributed by atoms with van der Waals surface area (Å²) in [6.07, 6.45) is 3.00. The maximum atomic E-state index is 10.7. The van der Waals surface area contributed by atoms with Crippen molar-refractivity contribution >= 4 is 0 Å². The maximum absolute atomic E-state index is 10.7. The van der Waals surface area contributed by atoms with Gasteiger partial charge in [0.2, 0.25) is 0 Å². The van der Waals surface area contributed by atoms with Crippen LogP contribution in [0.15, 0.2) is 11.6 Å². The zero-order valence-electron chi connectivity index (χ0n) is 11.6. The lowest BCUT2D eigenvalue weighted by Crippen LogP contribution is -2.66. The molecule has 0 amide bonds. The second-order valence-electron chi connectivity index (χ2n) is 7.35. The van der Waals surface area contributed by atoms with Crippen LogP contribution >= 0.6 is 0 Å². The van der Waals surface area contributed by atoms with Gasteiger partial charge in [-0.05, 0) is 12.5 Å². The van der Waals surface area contributed by atoms with Crippen LogP contribution < -0.4 is 0 Å². The van der Waals surface area contributed by atoms with Crippen molar-refractivity contribution in [2.75, 3.05) is 6.61 Å². The van der Waals surface area contributed by atoms with Crippen molar-refractivity contribution in [3.05, 3.63) is 11.6 Å². The van der Waals surface area contributed by atoms with Crippen molar-refractivity contribution in [3.8, 4) is 0 Å². The van der Waals surface area contributed by atoms with E-state index in [1.165, 1.54) is 5.57 Å². The Kier molecular flexibility index (Phi) is 1.66. The Balaban J connectivity index is 1.73. The molecule has 1 N–H and O–H groups in total. The molecule has 8 atom stereocenters. The fourth-order valence-corrected chi connectivity index (χ4v) is 5.32. The predicted octanol–water partition coefficient (Wildman–Crippen LogP) is 1.03. The van der Waals surface area contributed by atoms with Gasteiger partial charge in [-0.1, -0.05) is 19.9 Å². The zero-order chi connectivity index (χ0) is 13.2. The van der Waals surface area contributed by atoms with Crippen molar-refractivity contribution < 1.29 is 19.3 Å². The van der Waals surface area contributed by atoms with Crippen LogP contribution in [-0.4, -0.2) is 47.8 Å². The van der Waals surface area contributed by atoms with Gasteiger partial charge in [0.05, 0.1) is 31.0 Å². The number of rotatable bonds is 0. The highest BCUT2D eigenvalue weighted by molar-refractivity contribution is 5.38. The minimum Gasteiger partial charge on any atom is -0.392 e. The molecule has 0 aromatic heterocycles. The Hall–Kier alpha value is -0.420. The molecule has 1 spiro atoms. The van der Waals surface area contributed by atoms with E-state index >= 15 is 0 Å². The molecule has 5 rings (SSSR count). The predicted molar refractivity (Wildman–Crippen MR) is 66.6 cm³/mol. The van der Waals surface area contributed by atoms with E-state index in [9.17, 15) is 5.11 Å². The third kappa shape index (κ3) is 0.907. The topological polar surface area (TPSA) is 54.5 Å². The number of epoxide rings is 2. The van der Waals surface area contributed by atoms with Gasteiger partial charge >= 0.3 is 0 Å². The highest BCUT2D eigenvalue weighted by Gasteiger charge is 2.84. The lowest BCUT2D eigenvalue weighted by molar-refractivity contribution is -0.207. The van der Waals surface area contributed by atoms with E-state index in [1.54, 1.807) is 0 Å². The normalized spacial score (nSPS) is 68.4. The molecule has 2 bridgehead atoms. The molecule has 4 heteroatoms. The lowest BCUT2D eigenvalue weighted by Gasteiger charge is -2.56. The molecule has 0 aromatic rings. The van der Waals surface area contributed by atoms with Gasteiger partial charge in [0.25, 0.3) is 0 Å². The first-order valence-corrected chi connectivity index (χ1v) is 7.26. The monoisotopic (exact) mass is 264 g/mol. The standard InChI is InChI=1S/C15H20O4/c1-7-4-9-13(2,12-11(7)19-12)14(3)8(16)5-10(18-9)15(14)6-17-15/h4,8-12,16H,5-6H2,1-3H3/t8-,9-,10-,11+,12+,13+,14-,15+/m1/s1. The maximum Gasteiger partial charge on any atom is 0.126 e. The molecule has 4 fully saturated rings. The first-order chi connectivity index (χ1) is 8.95. The van der Waals surface area contributed by atoms with Gasteiger partial charge in [0, 0.05) is 17.3 Å². The van der Waals surface area contributed by atoms with E-state index in [0.29, 0.717) is 13.0 Å². The van der Waals surface area contributed by atoms with Crippen molar-refractivity contribution in [2.24, 2.45) is 10.8 Å². The third-order valence-corrected chi connectivity index (χ3v) is 6.92. The number of aliphatic hydroxyl groups excluding tert-OH is 1.